The van der Waals surface area contributed by atoms with Gasteiger partial charge in [-0.05, 0) is 64.5 Å². The third kappa shape index (κ3) is 7.59. The number of hydrogen-bond acceptors (Lipinski definition) is 7. The first-order valence-electron chi connectivity index (χ1n) is 12.3. The summed E-state index contributed by atoms with van der Waals surface area (Å²) in [6.45, 7) is 5.92. The summed E-state index contributed by atoms with van der Waals surface area (Å²) in [5.41, 5.74) is 0.612. The minimum atomic E-state index is -4.83. The molecule has 12 heteroatoms. The van der Waals surface area contributed by atoms with Crippen molar-refractivity contribution in [1.82, 2.24) is 25.1 Å². The molecule has 4 rings (SSSR count). The zero-order valence-corrected chi connectivity index (χ0v) is 21.4. The Hall–Kier alpha value is -3.83. The second-order valence-electron chi connectivity index (χ2n) is 10.1. The summed E-state index contributed by atoms with van der Waals surface area (Å²) in [4.78, 5) is 20.4. The average Bonchev–Trinajstić information content (AvgIpc) is 3.32. The molecule has 38 heavy (non-hydrogen) atoms. The molecule has 3 aromatic rings. The number of nitrogens with one attached hydrogen (secondary N) is 1. The van der Waals surface area contributed by atoms with E-state index in [0.29, 0.717) is 23.6 Å². The van der Waals surface area contributed by atoms with Crippen LogP contribution in [0.1, 0.15) is 46.5 Å². The van der Waals surface area contributed by atoms with Crippen molar-refractivity contribution in [3.8, 4) is 28.4 Å². The molecule has 0 radical (unpaired) electrons. The maximum absolute atomic E-state index is 12.8. The van der Waals surface area contributed by atoms with Crippen molar-refractivity contribution >= 4 is 6.09 Å². The Morgan fingerprint density at radius 3 is 2.53 bits per heavy atom. The highest BCUT2D eigenvalue weighted by Crippen LogP contribution is 2.32. The Labute approximate surface area is 218 Å². The number of halogens is 3. The number of para-hydroxylation sites is 2. The molecular formula is C26H30F3N5O4. The summed E-state index contributed by atoms with van der Waals surface area (Å²) < 4.78 is 55.3. The Balaban J connectivity index is 1.38. The van der Waals surface area contributed by atoms with Gasteiger partial charge in [0.05, 0.1) is 19.0 Å². The second kappa shape index (κ2) is 11.3. The topological polar surface area (TPSA) is 100 Å². The number of hydrogen-bond donors (Lipinski definition) is 1. The van der Waals surface area contributed by atoms with E-state index < -0.39 is 18.1 Å². The van der Waals surface area contributed by atoms with E-state index in [1.807, 2.05) is 20.8 Å². The van der Waals surface area contributed by atoms with Gasteiger partial charge in [0.25, 0.3) is 0 Å². The number of nitrogens with zero attached hydrogens (tertiary/aromatic N) is 4. The van der Waals surface area contributed by atoms with E-state index >= 15 is 0 Å². The van der Waals surface area contributed by atoms with Crippen molar-refractivity contribution in [1.29, 1.82) is 0 Å². The number of alkyl carbamates (subject to hydrolysis) is 1. The van der Waals surface area contributed by atoms with Crippen LogP contribution in [0, 0.1) is 5.92 Å². The molecule has 2 heterocycles. The Kier molecular flexibility index (Phi) is 8.08. The fourth-order valence-corrected chi connectivity index (χ4v) is 4.23. The number of carbonyl (C=O) groups excluding carboxylic acids is 1. The summed E-state index contributed by atoms with van der Waals surface area (Å²) in [6.07, 6.45) is 4.11. The van der Waals surface area contributed by atoms with E-state index in [1.165, 1.54) is 35.4 Å². The molecule has 1 aliphatic carbocycles. The number of carbonyl (C=O) groups is 1. The fraction of sp³-hybridized carbons (Fsp3) is 0.462. The summed E-state index contributed by atoms with van der Waals surface area (Å²) in [5.74, 6) is 0.361. The zero-order valence-electron chi connectivity index (χ0n) is 21.4. The lowest BCUT2D eigenvalue weighted by Gasteiger charge is -2.30. The van der Waals surface area contributed by atoms with Crippen molar-refractivity contribution in [3.63, 3.8) is 0 Å². The van der Waals surface area contributed by atoms with E-state index in [0.717, 1.165) is 25.7 Å². The number of ether oxygens (including phenoxy) is 3. The summed E-state index contributed by atoms with van der Waals surface area (Å²) in [7, 11) is 0. The van der Waals surface area contributed by atoms with Crippen LogP contribution < -0.4 is 14.8 Å². The molecule has 1 N–H and O–H groups in total. The van der Waals surface area contributed by atoms with Gasteiger partial charge in [0.15, 0.2) is 11.5 Å². The van der Waals surface area contributed by atoms with Gasteiger partial charge in [0.2, 0.25) is 0 Å². The quantitative estimate of drug-likeness (QED) is 0.416. The van der Waals surface area contributed by atoms with Crippen molar-refractivity contribution in [2.24, 2.45) is 5.92 Å². The van der Waals surface area contributed by atoms with E-state index in [2.05, 4.69) is 25.1 Å². The fourth-order valence-electron chi connectivity index (χ4n) is 4.23. The van der Waals surface area contributed by atoms with Gasteiger partial charge in [-0.25, -0.2) is 19.4 Å². The Bertz CT molecular complexity index is 1230. The predicted octanol–water partition coefficient (Wildman–Crippen LogP) is 5.69. The monoisotopic (exact) mass is 533 g/mol. The number of rotatable bonds is 7. The summed E-state index contributed by atoms with van der Waals surface area (Å²) in [5, 5.41) is 7.14. The van der Waals surface area contributed by atoms with Crippen molar-refractivity contribution in [2.45, 2.75) is 64.5 Å². The number of amides is 1. The third-order valence-electron chi connectivity index (χ3n) is 5.91. The van der Waals surface area contributed by atoms with Crippen molar-refractivity contribution in [2.75, 3.05) is 6.61 Å². The normalized spacial score (nSPS) is 18.1. The van der Waals surface area contributed by atoms with Gasteiger partial charge in [-0.2, -0.15) is 5.10 Å². The second-order valence-corrected chi connectivity index (χ2v) is 10.1. The molecule has 0 aliphatic heterocycles. The lowest BCUT2D eigenvalue weighted by atomic mass is 9.86. The smallest absolute Gasteiger partial charge is 0.489 e. The molecule has 2 aromatic heterocycles. The molecular weight excluding hydrogens is 503 g/mol. The molecule has 0 spiro atoms. The van der Waals surface area contributed by atoms with E-state index in [-0.39, 0.29) is 23.4 Å². The molecule has 1 amide bonds. The first-order chi connectivity index (χ1) is 18.0. The maximum atomic E-state index is 12.8. The van der Waals surface area contributed by atoms with E-state index in [4.69, 9.17) is 9.47 Å². The number of benzene rings is 1. The van der Waals surface area contributed by atoms with Crippen LogP contribution in [-0.4, -0.2) is 50.5 Å². The average molecular weight is 534 g/mol. The van der Waals surface area contributed by atoms with Crippen molar-refractivity contribution < 1.29 is 32.2 Å². The minimum Gasteiger partial charge on any atom is -0.489 e. The minimum absolute atomic E-state index is 0.0618. The van der Waals surface area contributed by atoms with Crippen LogP contribution in [0.15, 0.2) is 49.2 Å². The van der Waals surface area contributed by atoms with Crippen LogP contribution in [0.3, 0.4) is 0 Å². The van der Waals surface area contributed by atoms with Crippen LogP contribution in [0.4, 0.5) is 18.0 Å². The molecule has 204 valence electrons. The molecule has 1 aromatic carbocycles. The van der Waals surface area contributed by atoms with Gasteiger partial charge in [-0.3, -0.25) is 0 Å². The third-order valence-corrected chi connectivity index (χ3v) is 5.91. The highest BCUT2D eigenvalue weighted by atomic mass is 19.4. The molecule has 0 atom stereocenters. The maximum Gasteiger partial charge on any atom is 0.573 e. The van der Waals surface area contributed by atoms with Gasteiger partial charge >= 0.3 is 12.5 Å². The van der Waals surface area contributed by atoms with Gasteiger partial charge in [0, 0.05) is 17.8 Å². The molecule has 0 unspecified atom stereocenters. The SMILES string of the molecule is CC(C)(C)OC(=O)N[C@H]1CC[C@@H](COc2cncnc2-c2cnn(-c3ccccc3OC(F)(F)F)c2)CC1. The van der Waals surface area contributed by atoms with Crippen LogP contribution in [0.2, 0.25) is 0 Å². The molecule has 1 saturated carbocycles. The number of aromatic nitrogens is 4. The predicted molar refractivity (Wildman–Crippen MR) is 132 cm³/mol. The van der Waals surface area contributed by atoms with E-state index in [9.17, 15) is 18.0 Å². The zero-order chi connectivity index (χ0) is 27.3. The highest BCUT2D eigenvalue weighted by Gasteiger charge is 2.32. The van der Waals surface area contributed by atoms with Gasteiger partial charge in [0.1, 0.15) is 23.3 Å². The molecule has 1 aliphatic rings. The van der Waals surface area contributed by atoms with Gasteiger partial charge < -0.3 is 19.5 Å². The standard InChI is InChI=1S/C26H30F3N5O4/c1-25(2,3)38-24(35)33-19-10-8-17(9-11-19)15-36-22-13-30-16-31-23(22)18-12-32-34(14-18)20-6-4-5-7-21(20)37-26(27,28)29/h4-7,12-14,16-17,19H,8-11,15H2,1-3H3,(H,33,35)/t17-,19+. The van der Waals surface area contributed by atoms with Crippen molar-refractivity contribution in [3.05, 3.63) is 49.2 Å². The van der Waals surface area contributed by atoms with Crippen LogP contribution in [0.25, 0.3) is 16.9 Å². The molecule has 1 fully saturated rings. The highest BCUT2D eigenvalue weighted by molar-refractivity contribution is 5.68. The summed E-state index contributed by atoms with van der Waals surface area (Å²) in [6, 6.07) is 5.81. The van der Waals surface area contributed by atoms with E-state index in [1.54, 1.807) is 18.5 Å². The van der Waals surface area contributed by atoms with Crippen LogP contribution in [-0.2, 0) is 4.74 Å². The Morgan fingerprint density at radius 2 is 1.82 bits per heavy atom. The molecule has 0 bridgehead atoms. The Morgan fingerprint density at radius 1 is 1.08 bits per heavy atom. The lowest BCUT2D eigenvalue weighted by Crippen LogP contribution is -2.41. The molecule has 0 saturated heterocycles. The first kappa shape index (κ1) is 27.2. The van der Waals surface area contributed by atoms with Crippen LogP contribution in [0.5, 0.6) is 11.5 Å². The first-order valence-corrected chi connectivity index (χ1v) is 12.3. The van der Waals surface area contributed by atoms with Gasteiger partial charge in [-0.1, -0.05) is 12.1 Å². The largest absolute Gasteiger partial charge is 0.573 e. The molecule has 9 nitrogen and oxygen atoms in total. The summed E-state index contributed by atoms with van der Waals surface area (Å²) >= 11 is 0. The van der Waals surface area contributed by atoms with Gasteiger partial charge in [-0.15, -0.1) is 13.2 Å². The van der Waals surface area contributed by atoms with Crippen LogP contribution >= 0.6 is 0 Å². The lowest BCUT2D eigenvalue weighted by molar-refractivity contribution is -0.274. The number of alkyl halides is 3.